The molecule has 0 amide bonds. The highest BCUT2D eigenvalue weighted by Crippen LogP contribution is 2.40. The monoisotopic (exact) mass is 223 g/mol. The van der Waals surface area contributed by atoms with Crippen molar-refractivity contribution in [3.63, 3.8) is 0 Å². The minimum absolute atomic E-state index is 0.387. The van der Waals surface area contributed by atoms with E-state index in [1.165, 1.54) is 12.8 Å². The van der Waals surface area contributed by atoms with Gasteiger partial charge in [0.05, 0.1) is 5.97 Å². The minimum Gasteiger partial charge on any atom is -0.545 e. The summed E-state index contributed by atoms with van der Waals surface area (Å²) in [4.78, 5) is 10.6. The molecule has 1 fully saturated rings. The second-order valence-electron chi connectivity index (χ2n) is 6.11. The lowest BCUT2D eigenvalue weighted by Gasteiger charge is -2.36. The van der Waals surface area contributed by atoms with Gasteiger partial charge in [0, 0.05) is 0 Å². The van der Waals surface area contributed by atoms with Crippen molar-refractivity contribution in [2.24, 2.45) is 17.3 Å². The number of carbonyl (C=O) groups excluding carboxylic acids is 1. The van der Waals surface area contributed by atoms with E-state index in [-0.39, 0.29) is 0 Å². The van der Waals surface area contributed by atoms with Gasteiger partial charge in [-0.2, -0.15) is 0 Å². The second kappa shape index (κ2) is 5.03. The van der Waals surface area contributed by atoms with Crippen molar-refractivity contribution >= 4 is 5.97 Å². The third-order valence-corrected chi connectivity index (χ3v) is 3.80. The zero-order valence-corrected chi connectivity index (χ0v) is 10.9. The zero-order chi connectivity index (χ0) is 12.3. The normalized spacial score (nSPS) is 27.9. The Bertz CT molecular complexity index is 276. The Morgan fingerprint density at radius 1 is 1.19 bits per heavy atom. The highest BCUT2D eigenvalue weighted by Gasteiger charge is 2.28. The number of allylic oxidation sites excluding steroid dienone is 1. The van der Waals surface area contributed by atoms with E-state index in [0.717, 1.165) is 18.8 Å². The zero-order valence-electron chi connectivity index (χ0n) is 10.9. The summed E-state index contributed by atoms with van der Waals surface area (Å²) in [6.45, 7) is 8.51. The molecule has 1 saturated carbocycles. The van der Waals surface area contributed by atoms with Crippen LogP contribution in [0.25, 0.3) is 0 Å². The summed E-state index contributed by atoms with van der Waals surface area (Å²) in [7, 11) is 0. The smallest absolute Gasteiger partial charge is 0.0668 e. The van der Waals surface area contributed by atoms with Gasteiger partial charge in [0.15, 0.2) is 0 Å². The van der Waals surface area contributed by atoms with Crippen LogP contribution in [0, 0.1) is 17.3 Å². The molecule has 0 unspecified atom stereocenters. The van der Waals surface area contributed by atoms with Crippen LogP contribution in [-0.4, -0.2) is 5.97 Å². The summed E-state index contributed by atoms with van der Waals surface area (Å²) in [6.07, 6.45) is 6.54. The van der Waals surface area contributed by atoms with Gasteiger partial charge >= 0.3 is 0 Å². The second-order valence-corrected chi connectivity index (χ2v) is 6.11. The van der Waals surface area contributed by atoms with Crippen molar-refractivity contribution in [2.75, 3.05) is 0 Å². The first-order chi connectivity index (χ1) is 7.30. The lowest BCUT2D eigenvalue weighted by Crippen LogP contribution is -2.27. The molecule has 0 radical (unpaired) electrons. The molecule has 0 heterocycles. The molecule has 0 aromatic carbocycles. The van der Waals surface area contributed by atoms with Crippen LogP contribution in [0.5, 0.6) is 0 Å². The molecule has 1 aliphatic carbocycles. The Morgan fingerprint density at radius 3 is 2.06 bits per heavy atom. The number of aliphatic carboxylic acids is 1. The maximum atomic E-state index is 10.6. The fourth-order valence-electron chi connectivity index (χ4n) is 2.57. The predicted octanol–water partition coefficient (Wildman–Crippen LogP) is 2.54. The van der Waals surface area contributed by atoms with Crippen LogP contribution in [0.2, 0.25) is 0 Å². The lowest BCUT2D eigenvalue weighted by atomic mass is 9.69. The maximum Gasteiger partial charge on any atom is 0.0668 e. The predicted molar refractivity (Wildman–Crippen MR) is 63.7 cm³/mol. The van der Waals surface area contributed by atoms with E-state index in [9.17, 15) is 9.90 Å². The molecule has 0 bridgehead atoms. The molecule has 0 aromatic rings. The highest BCUT2D eigenvalue weighted by atomic mass is 16.4. The Labute approximate surface area is 98.7 Å². The third kappa shape index (κ3) is 3.66. The highest BCUT2D eigenvalue weighted by molar-refractivity contribution is 5.83. The van der Waals surface area contributed by atoms with Crippen molar-refractivity contribution in [1.82, 2.24) is 0 Å². The molecular weight excluding hydrogens is 200 g/mol. The van der Waals surface area contributed by atoms with E-state index in [1.54, 1.807) is 6.92 Å². The van der Waals surface area contributed by atoms with Gasteiger partial charge in [-0.1, -0.05) is 26.8 Å². The van der Waals surface area contributed by atoms with Crippen LogP contribution in [0.3, 0.4) is 0 Å². The van der Waals surface area contributed by atoms with E-state index in [4.69, 9.17) is 0 Å². The van der Waals surface area contributed by atoms with Crippen molar-refractivity contribution in [3.05, 3.63) is 11.6 Å². The Kier molecular flexibility index (Phi) is 4.17. The van der Waals surface area contributed by atoms with Gasteiger partial charge in [-0.3, -0.25) is 0 Å². The number of carboxylic acids is 1. The van der Waals surface area contributed by atoms with E-state index in [1.807, 2.05) is 6.08 Å². The lowest BCUT2D eigenvalue weighted by molar-refractivity contribution is -0.299. The summed E-state index contributed by atoms with van der Waals surface area (Å²) in [5.74, 6) is 0.190. The van der Waals surface area contributed by atoms with Gasteiger partial charge in [0.25, 0.3) is 0 Å². The van der Waals surface area contributed by atoms with Crippen LogP contribution in [0.1, 0.15) is 53.4 Å². The number of hydrogen-bond acceptors (Lipinski definition) is 2. The molecule has 1 aliphatic rings. The molecule has 0 spiro atoms. The van der Waals surface area contributed by atoms with Gasteiger partial charge in [-0.05, 0) is 55.4 Å². The maximum absolute atomic E-state index is 10.6. The molecule has 0 atom stereocenters. The van der Waals surface area contributed by atoms with Crippen LogP contribution in [-0.2, 0) is 4.79 Å². The van der Waals surface area contributed by atoms with Crippen LogP contribution in [0.4, 0.5) is 0 Å². The minimum atomic E-state index is -1.03. The SMILES string of the molecule is C/C(=C\C1CCC(C(C)(C)C)CC1)C(=O)[O-]. The largest absolute Gasteiger partial charge is 0.545 e. The number of rotatable bonds is 2. The van der Waals surface area contributed by atoms with E-state index < -0.39 is 5.97 Å². The van der Waals surface area contributed by atoms with Gasteiger partial charge in [0.1, 0.15) is 0 Å². The molecule has 2 heteroatoms. The van der Waals surface area contributed by atoms with Gasteiger partial charge < -0.3 is 9.90 Å². The Morgan fingerprint density at radius 2 is 1.69 bits per heavy atom. The molecule has 16 heavy (non-hydrogen) atoms. The molecule has 0 N–H and O–H groups in total. The van der Waals surface area contributed by atoms with Crippen LogP contribution >= 0.6 is 0 Å². The van der Waals surface area contributed by atoms with Crippen molar-refractivity contribution in [3.8, 4) is 0 Å². The summed E-state index contributed by atoms with van der Waals surface area (Å²) in [5, 5.41) is 10.6. The van der Waals surface area contributed by atoms with Gasteiger partial charge in [0.2, 0.25) is 0 Å². The van der Waals surface area contributed by atoms with E-state index in [2.05, 4.69) is 20.8 Å². The molecular formula is C14H23O2-. The van der Waals surface area contributed by atoms with Crippen molar-refractivity contribution < 1.29 is 9.90 Å². The first-order valence-electron chi connectivity index (χ1n) is 6.20. The molecule has 92 valence electrons. The fraction of sp³-hybridized carbons (Fsp3) is 0.786. The molecule has 0 saturated heterocycles. The number of hydrogen-bond donors (Lipinski definition) is 0. The summed E-state index contributed by atoms with van der Waals surface area (Å²) >= 11 is 0. The standard InChI is InChI=1S/C14H24O2/c1-10(13(15)16)9-11-5-7-12(8-6-11)14(2,3)4/h9,11-12H,5-8H2,1-4H3,(H,15,16)/p-1/b10-9+. The number of carboxylic acid groups (broad SMARTS) is 1. The average molecular weight is 223 g/mol. The van der Waals surface area contributed by atoms with E-state index in [0.29, 0.717) is 16.9 Å². The Hall–Kier alpha value is -0.790. The first kappa shape index (κ1) is 13.3. The Balaban J connectivity index is 2.50. The van der Waals surface area contributed by atoms with Crippen molar-refractivity contribution in [2.45, 2.75) is 53.4 Å². The fourth-order valence-corrected chi connectivity index (χ4v) is 2.57. The average Bonchev–Trinajstić information content (AvgIpc) is 2.17. The van der Waals surface area contributed by atoms with Crippen molar-refractivity contribution in [1.29, 1.82) is 0 Å². The molecule has 1 rings (SSSR count). The topological polar surface area (TPSA) is 40.1 Å². The first-order valence-corrected chi connectivity index (χ1v) is 6.20. The molecule has 0 aliphatic heterocycles. The molecule has 0 aromatic heterocycles. The third-order valence-electron chi connectivity index (χ3n) is 3.80. The molecule has 2 nitrogen and oxygen atoms in total. The summed E-state index contributed by atoms with van der Waals surface area (Å²) < 4.78 is 0. The van der Waals surface area contributed by atoms with Gasteiger partial charge in [-0.25, -0.2) is 0 Å². The van der Waals surface area contributed by atoms with Crippen LogP contribution in [0.15, 0.2) is 11.6 Å². The van der Waals surface area contributed by atoms with Crippen LogP contribution < -0.4 is 5.11 Å². The van der Waals surface area contributed by atoms with E-state index >= 15 is 0 Å². The van der Waals surface area contributed by atoms with Gasteiger partial charge in [-0.15, -0.1) is 0 Å². The summed E-state index contributed by atoms with van der Waals surface area (Å²) in [5.41, 5.74) is 0.775. The quantitative estimate of drug-likeness (QED) is 0.675. The summed E-state index contributed by atoms with van der Waals surface area (Å²) in [6, 6.07) is 0. The number of carbonyl (C=O) groups is 1.